The monoisotopic (exact) mass is 1230 g/mol. The van der Waals surface area contributed by atoms with E-state index in [0.717, 1.165) is 11.1 Å². The summed E-state index contributed by atoms with van der Waals surface area (Å²) in [5.74, 6) is -1.57. The third-order valence-corrected chi connectivity index (χ3v) is 16.6. The van der Waals surface area contributed by atoms with Crippen LogP contribution in [0, 0.1) is 10.8 Å². The molecule has 4 aromatic rings. The van der Waals surface area contributed by atoms with Gasteiger partial charge in [-0.05, 0) is 148 Å². The van der Waals surface area contributed by atoms with Crippen molar-refractivity contribution in [2.45, 2.75) is 143 Å². The summed E-state index contributed by atoms with van der Waals surface area (Å²) in [5, 5.41) is 5.51. The zero-order valence-corrected chi connectivity index (χ0v) is 53.4. The second-order valence-electron chi connectivity index (χ2n) is 23.5. The molecule has 484 valence electrons. The second kappa shape index (κ2) is 34.0. The Bertz CT molecular complexity index is 2870. The number of amides is 4. The van der Waals surface area contributed by atoms with Gasteiger partial charge in [0.2, 0.25) is 11.6 Å². The van der Waals surface area contributed by atoms with E-state index in [2.05, 4.69) is 10.6 Å². The van der Waals surface area contributed by atoms with Gasteiger partial charge >= 0.3 is 11.9 Å². The number of aryl methyl sites for hydroxylation is 2. The molecule has 0 aliphatic carbocycles. The third kappa shape index (κ3) is 19.9. The summed E-state index contributed by atoms with van der Waals surface area (Å²) < 4.78 is 51.8. The lowest BCUT2D eigenvalue weighted by Crippen LogP contribution is -2.53. The highest BCUT2D eigenvalue weighted by atomic mass is 16.6. The topological polar surface area (TPSA) is 250 Å². The molecular weight excluding hydrogens is 1140 g/mol. The molecule has 4 amide bonds. The number of likely N-dealkylation sites (tertiary alicyclic amines) is 2. The molecule has 0 spiro atoms. The molecule has 2 aliphatic heterocycles. The highest BCUT2D eigenvalue weighted by Crippen LogP contribution is 2.36. The van der Waals surface area contributed by atoms with E-state index in [9.17, 15) is 38.4 Å². The van der Waals surface area contributed by atoms with E-state index in [1.54, 1.807) is 117 Å². The van der Waals surface area contributed by atoms with Crippen LogP contribution >= 0.6 is 0 Å². The van der Waals surface area contributed by atoms with Crippen molar-refractivity contribution in [3.8, 4) is 34.5 Å². The maximum atomic E-state index is 14.1. The van der Waals surface area contributed by atoms with Gasteiger partial charge in [0.15, 0.2) is 36.2 Å². The largest absolute Gasteiger partial charge is 0.493 e. The Morgan fingerprint density at radius 3 is 1.28 bits per heavy atom. The van der Waals surface area contributed by atoms with Crippen LogP contribution in [0.2, 0.25) is 0 Å². The van der Waals surface area contributed by atoms with Crippen molar-refractivity contribution in [1.29, 1.82) is 0 Å². The summed E-state index contributed by atoms with van der Waals surface area (Å²) in [4.78, 5) is 111. The van der Waals surface area contributed by atoms with Crippen molar-refractivity contribution < 1.29 is 81.0 Å². The zero-order chi connectivity index (χ0) is 64.7. The van der Waals surface area contributed by atoms with E-state index in [4.69, 9.17) is 42.6 Å². The lowest BCUT2D eigenvalue weighted by molar-refractivity contribution is -0.165. The fraction of sp³-hybridized carbons (Fsp3) is 0.529. The summed E-state index contributed by atoms with van der Waals surface area (Å²) in [6, 6.07) is 23.1. The summed E-state index contributed by atoms with van der Waals surface area (Å²) >= 11 is 0. The van der Waals surface area contributed by atoms with Crippen LogP contribution in [-0.2, 0) is 65.4 Å². The Hall–Kier alpha value is -8.20. The maximum Gasteiger partial charge on any atom is 0.329 e. The van der Waals surface area contributed by atoms with Crippen LogP contribution in [0.3, 0.4) is 0 Å². The molecule has 0 radical (unpaired) electrons. The first-order valence-electron chi connectivity index (χ1n) is 30.8. The van der Waals surface area contributed by atoms with Crippen LogP contribution < -0.4 is 39.1 Å². The number of hydrogen-bond donors (Lipinski definition) is 2. The number of rotatable bonds is 34. The second-order valence-corrected chi connectivity index (χ2v) is 23.5. The van der Waals surface area contributed by atoms with Gasteiger partial charge in [-0.1, -0.05) is 77.9 Å². The predicted octanol–water partition coefficient (Wildman–Crippen LogP) is 8.63. The molecule has 2 N–H and O–H groups in total. The smallest absolute Gasteiger partial charge is 0.329 e. The van der Waals surface area contributed by atoms with Crippen LogP contribution in [-0.4, -0.2) is 150 Å². The van der Waals surface area contributed by atoms with Crippen molar-refractivity contribution in [2.75, 3.05) is 81.0 Å². The van der Waals surface area contributed by atoms with Gasteiger partial charge in [0.05, 0.1) is 41.7 Å². The molecule has 2 unspecified atom stereocenters. The predicted molar refractivity (Wildman–Crippen MR) is 331 cm³/mol. The molecule has 6 rings (SSSR count). The summed E-state index contributed by atoms with van der Waals surface area (Å²) in [5.41, 5.74) is 1.23. The van der Waals surface area contributed by atoms with Crippen molar-refractivity contribution in [1.82, 2.24) is 20.4 Å². The van der Waals surface area contributed by atoms with E-state index in [1.165, 1.54) is 9.80 Å². The van der Waals surface area contributed by atoms with E-state index < -0.39 is 82.3 Å². The first-order chi connectivity index (χ1) is 42.7. The van der Waals surface area contributed by atoms with E-state index >= 15 is 0 Å². The number of carbonyl (C=O) groups excluding carboxylic acids is 8. The number of esters is 2. The lowest BCUT2D eigenvalue weighted by Gasteiger charge is -2.36. The molecule has 2 fully saturated rings. The third-order valence-electron chi connectivity index (χ3n) is 16.6. The highest BCUT2D eigenvalue weighted by Gasteiger charge is 2.43. The average Bonchev–Trinajstić information content (AvgIpc) is 2.11. The standard InChI is InChI=1S/C68H90N4O17/c1-11-67(3,4)61(75)63(77)71-35-15-13-23-51(71)65(79)88-53(29-25-45-27-31-55(81-7)57(39-45)83-9)47-19-17-21-49(41-47)86-43-59(73)69-33-37-85-38-34-70-60(74)44-87-50-22-18-20-48(42-50)54(30-26-46-28-32-56(82-8)58(40-46)84-10)89-66(80)52-24-14-16-36-72(52)64(78)62(76)68(5,6)12-2/h17-22,27-28,31-32,39-42,51-54H,11-16,23-26,29-30,33-38,43-44H2,1-10H3,(H,69,73)(H,70,74)/t51?,52?,53-,54-/m1/s1. The van der Waals surface area contributed by atoms with Crippen molar-refractivity contribution in [2.24, 2.45) is 10.8 Å². The van der Waals surface area contributed by atoms with Gasteiger partial charge in [-0.3, -0.25) is 28.8 Å². The van der Waals surface area contributed by atoms with Gasteiger partial charge < -0.3 is 63.1 Å². The SMILES string of the molecule is CCC(C)(C)C(=O)C(=O)N1CCCCC1C(=O)O[C@H](CCc1ccc(OC)c(OC)c1)c1cccc(OCC(=O)NCCOCCNC(=O)COc2cccc([C@@H](CCc3ccc(OC)c(OC)c3)OC(=O)C3CCCCN3C(=O)C(=O)C(C)(C)CC)c2)c1. The molecular formula is C68H90N4O17. The van der Waals surface area contributed by atoms with Crippen LogP contribution in [0.25, 0.3) is 0 Å². The number of ether oxygens (including phenoxy) is 9. The van der Waals surface area contributed by atoms with Crippen LogP contribution in [0.4, 0.5) is 0 Å². The highest BCUT2D eigenvalue weighted by molar-refractivity contribution is 6.38. The number of piperidine rings is 2. The number of nitrogens with one attached hydrogen (secondary N) is 2. The van der Waals surface area contributed by atoms with Gasteiger partial charge in [0, 0.05) is 37.0 Å². The minimum absolute atomic E-state index is 0.143. The molecule has 2 aliphatic rings. The minimum atomic E-state index is -0.934. The van der Waals surface area contributed by atoms with Crippen molar-refractivity contribution >= 4 is 47.1 Å². The molecule has 2 saturated heterocycles. The molecule has 21 heteroatoms. The van der Waals surface area contributed by atoms with Gasteiger partial charge in [0.25, 0.3) is 23.6 Å². The van der Waals surface area contributed by atoms with Crippen molar-refractivity contribution in [3.05, 3.63) is 107 Å². The molecule has 21 nitrogen and oxygen atoms in total. The molecule has 4 aromatic carbocycles. The first kappa shape index (κ1) is 69.9. The minimum Gasteiger partial charge on any atom is -0.493 e. The molecule has 0 saturated carbocycles. The maximum absolute atomic E-state index is 14.1. The molecule has 0 bridgehead atoms. The van der Waals surface area contributed by atoms with Gasteiger partial charge in [-0.2, -0.15) is 0 Å². The number of Topliss-reactive ketones (excluding diaryl/α,β-unsaturated/α-hetero) is 2. The number of nitrogens with zero attached hydrogens (tertiary/aromatic N) is 2. The fourth-order valence-electron chi connectivity index (χ4n) is 10.3. The Morgan fingerprint density at radius 1 is 0.517 bits per heavy atom. The number of methoxy groups -OCH3 is 4. The summed E-state index contributed by atoms with van der Waals surface area (Å²) in [6.07, 6.45) is 4.34. The normalized spacial score (nSPS) is 15.8. The fourth-order valence-corrected chi connectivity index (χ4v) is 10.3. The average molecular weight is 1240 g/mol. The van der Waals surface area contributed by atoms with E-state index in [1.807, 2.05) is 38.1 Å². The number of carbonyl (C=O) groups is 8. The molecule has 89 heavy (non-hydrogen) atoms. The Morgan fingerprint density at radius 2 is 0.910 bits per heavy atom. The van der Waals surface area contributed by atoms with Gasteiger partial charge in [0.1, 0.15) is 35.8 Å². The number of hydrogen-bond acceptors (Lipinski definition) is 17. The van der Waals surface area contributed by atoms with E-state index in [0.29, 0.717) is 123 Å². The number of benzene rings is 4. The molecule has 4 atom stereocenters. The Balaban J connectivity index is 0.983. The first-order valence-corrected chi connectivity index (χ1v) is 30.8. The summed E-state index contributed by atoms with van der Waals surface area (Å²) in [7, 11) is 6.21. The molecule has 2 heterocycles. The van der Waals surface area contributed by atoms with Crippen molar-refractivity contribution in [3.63, 3.8) is 0 Å². The quantitative estimate of drug-likeness (QED) is 0.0252. The van der Waals surface area contributed by atoms with Gasteiger partial charge in [-0.25, -0.2) is 9.59 Å². The zero-order valence-electron chi connectivity index (χ0n) is 53.4. The lowest BCUT2D eigenvalue weighted by atomic mass is 9.84. The summed E-state index contributed by atoms with van der Waals surface area (Å²) in [6.45, 7) is 11.1. The van der Waals surface area contributed by atoms with Crippen LogP contribution in [0.1, 0.15) is 140 Å². The Kier molecular flexibility index (Phi) is 26.7. The van der Waals surface area contributed by atoms with E-state index in [-0.39, 0.29) is 52.6 Å². The van der Waals surface area contributed by atoms with Crippen LogP contribution in [0.5, 0.6) is 34.5 Å². The molecule has 0 aromatic heterocycles. The number of ketones is 2. The van der Waals surface area contributed by atoms with Gasteiger partial charge in [-0.15, -0.1) is 0 Å². The van der Waals surface area contributed by atoms with Crippen LogP contribution in [0.15, 0.2) is 84.9 Å². The Labute approximate surface area is 523 Å².